The number of nitrogens with zero attached hydrogens (tertiary/aromatic N) is 2. The summed E-state index contributed by atoms with van der Waals surface area (Å²) in [6.07, 6.45) is 2.79. The first-order valence-corrected chi connectivity index (χ1v) is 6.69. The van der Waals surface area contributed by atoms with Crippen LogP contribution in [0.5, 0.6) is 5.75 Å². The summed E-state index contributed by atoms with van der Waals surface area (Å²) in [7, 11) is 3.77. The van der Waals surface area contributed by atoms with E-state index >= 15 is 0 Å². The SMILES string of the molecule is COc1ccc(NC2(C#N)CCCN(C)CC2)cc1. The van der Waals surface area contributed by atoms with E-state index in [-0.39, 0.29) is 0 Å². The van der Waals surface area contributed by atoms with E-state index in [0.717, 1.165) is 43.8 Å². The van der Waals surface area contributed by atoms with Gasteiger partial charge in [0.2, 0.25) is 0 Å². The van der Waals surface area contributed by atoms with Gasteiger partial charge in [-0.25, -0.2) is 0 Å². The van der Waals surface area contributed by atoms with Gasteiger partial charge in [-0.15, -0.1) is 0 Å². The maximum atomic E-state index is 9.56. The molecule has 19 heavy (non-hydrogen) atoms. The molecule has 0 radical (unpaired) electrons. The van der Waals surface area contributed by atoms with Crippen LogP contribution >= 0.6 is 0 Å². The van der Waals surface area contributed by atoms with E-state index in [1.807, 2.05) is 24.3 Å². The molecule has 0 aliphatic carbocycles. The van der Waals surface area contributed by atoms with Crippen molar-refractivity contribution in [3.05, 3.63) is 24.3 Å². The molecule has 0 saturated carbocycles. The second-order valence-electron chi connectivity index (χ2n) is 5.20. The molecular weight excluding hydrogens is 238 g/mol. The van der Waals surface area contributed by atoms with Gasteiger partial charge < -0.3 is 15.0 Å². The lowest BCUT2D eigenvalue weighted by Crippen LogP contribution is -2.37. The molecule has 1 unspecified atom stereocenters. The first-order chi connectivity index (χ1) is 9.17. The predicted octanol–water partition coefficient (Wildman–Crippen LogP) is 2.49. The van der Waals surface area contributed by atoms with Gasteiger partial charge in [0.15, 0.2) is 0 Å². The molecule has 1 atom stereocenters. The normalized spacial score (nSPS) is 24.3. The van der Waals surface area contributed by atoms with Crippen LogP contribution in [0, 0.1) is 11.3 Å². The molecule has 1 aliphatic rings. The van der Waals surface area contributed by atoms with Crippen molar-refractivity contribution < 1.29 is 4.74 Å². The quantitative estimate of drug-likeness (QED) is 0.906. The van der Waals surface area contributed by atoms with E-state index in [2.05, 4.69) is 23.3 Å². The third-order valence-electron chi connectivity index (χ3n) is 3.75. The van der Waals surface area contributed by atoms with Gasteiger partial charge in [-0.3, -0.25) is 0 Å². The van der Waals surface area contributed by atoms with Crippen molar-refractivity contribution in [3.8, 4) is 11.8 Å². The molecule has 0 amide bonds. The van der Waals surface area contributed by atoms with Gasteiger partial charge in [-0.1, -0.05) is 0 Å². The summed E-state index contributed by atoms with van der Waals surface area (Å²) in [5, 5.41) is 13.0. The minimum Gasteiger partial charge on any atom is -0.497 e. The zero-order chi connectivity index (χ0) is 13.7. The summed E-state index contributed by atoms with van der Waals surface area (Å²) in [5.74, 6) is 0.831. The first kappa shape index (κ1) is 13.7. The molecule has 4 heteroatoms. The molecule has 1 heterocycles. The topological polar surface area (TPSA) is 48.3 Å². The number of ether oxygens (including phenoxy) is 1. The second-order valence-corrected chi connectivity index (χ2v) is 5.20. The van der Waals surface area contributed by atoms with Crippen LogP contribution in [0.25, 0.3) is 0 Å². The molecule has 102 valence electrons. The van der Waals surface area contributed by atoms with Crippen molar-refractivity contribution in [3.63, 3.8) is 0 Å². The average Bonchev–Trinajstić information content (AvgIpc) is 2.63. The third-order valence-corrected chi connectivity index (χ3v) is 3.75. The van der Waals surface area contributed by atoms with Crippen LogP contribution in [-0.2, 0) is 0 Å². The van der Waals surface area contributed by atoms with Crippen LogP contribution < -0.4 is 10.1 Å². The highest BCUT2D eigenvalue weighted by molar-refractivity contribution is 5.50. The number of benzene rings is 1. The molecule has 0 bridgehead atoms. The van der Waals surface area contributed by atoms with E-state index in [0.29, 0.717) is 0 Å². The smallest absolute Gasteiger partial charge is 0.126 e. The standard InChI is InChI=1S/C15H21N3O/c1-18-10-3-8-15(12-16,9-11-18)17-13-4-6-14(19-2)7-5-13/h4-7,17H,3,8-11H2,1-2H3. The first-order valence-electron chi connectivity index (χ1n) is 6.69. The number of methoxy groups -OCH3 is 1. The van der Waals surface area contributed by atoms with E-state index < -0.39 is 5.54 Å². The highest BCUT2D eigenvalue weighted by atomic mass is 16.5. The van der Waals surface area contributed by atoms with Crippen molar-refractivity contribution in [1.29, 1.82) is 5.26 Å². The van der Waals surface area contributed by atoms with E-state index in [1.165, 1.54) is 0 Å². The van der Waals surface area contributed by atoms with Crippen LogP contribution in [-0.4, -0.2) is 37.7 Å². The summed E-state index contributed by atoms with van der Waals surface area (Å²) < 4.78 is 5.15. The largest absolute Gasteiger partial charge is 0.497 e. The van der Waals surface area contributed by atoms with Gasteiger partial charge in [-0.2, -0.15) is 5.26 Å². The van der Waals surface area contributed by atoms with Crippen molar-refractivity contribution in [2.45, 2.75) is 24.8 Å². The van der Waals surface area contributed by atoms with Crippen LogP contribution in [0.2, 0.25) is 0 Å². The lowest BCUT2D eigenvalue weighted by atomic mass is 9.92. The lowest BCUT2D eigenvalue weighted by Gasteiger charge is -2.27. The van der Waals surface area contributed by atoms with Crippen molar-refractivity contribution in [1.82, 2.24) is 4.90 Å². The molecular formula is C15H21N3O. The van der Waals surface area contributed by atoms with Crippen molar-refractivity contribution in [2.24, 2.45) is 0 Å². The number of rotatable bonds is 3. The Morgan fingerprint density at radius 3 is 2.63 bits per heavy atom. The Morgan fingerprint density at radius 2 is 2.00 bits per heavy atom. The molecule has 1 saturated heterocycles. The molecule has 4 nitrogen and oxygen atoms in total. The second kappa shape index (κ2) is 5.94. The Morgan fingerprint density at radius 1 is 1.26 bits per heavy atom. The predicted molar refractivity (Wildman–Crippen MR) is 76.3 cm³/mol. The van der Waals surface area contributed by atoms with Gasteiger partial charge in [-0.05, 0) is 57.1 Å². The van der Waals surface area contributed by atoms with Crippen LogP contribution in [0.1, 0.15) is 19.3 Å². The minimum absolute atomic E-state index is 0.445. The maximum Gasteiger partial charge on any atom is 0.126 e. The van der Waals surface area contributed by atoms with E-state index in [4.69, 9.17) is 4.74 Å². The van der Waals surface area contributed by atoms with Gasteiger partial charge in [0.1, 0.15) is 11.3 Å². The number of nitriles is 1. The number of anilines is 1. The Kier molecular flexibility index (Phi) is 4.28. The number of nitrogens with one attached hydrogen (secondary N) is 1. The van der Waals surface area contributed by atoms with Crippen LogP contribution in [0.15, 0.2) is 24.3 Å². The van der Waals surface area contributed by atoms with Gasteiger partial charge >= 0.3 is 0 Å². The molecule has 1 fully saturated rings. The highest BCUT2D eigenvalue weighted by Gasteiger charge is 2.31. The zero-order valence-electron chi connectivity index (χ0n) is 11.6. The van der Waals surface area contributed by atoms with E-state index in [9.17, 15) is 5.26 Å². The number of hydrogen-bond donors (Lipinski definition) is 1. The molecule has 1 N–H and O–H groups in total. The Balaban J connectivity index is 2.11. The van der Waals surface area contributed by atoms with Gasteiger partial charge in [0.25, 0.3) is 0 Å². The summed E-state index contributed by atoms with van der Waals surface area (Å²) in [6, 6.07) is 10.2. The molecule has 1 aromatic carbocycles. The van der Waals surface area contributed by atoms with E-state index in [1.54, 1.807) is 7.11 Å². The monoisotopic (exact) mass is 259 g/mol. The Labute approximate surface area is 115 Å². The third kappa shape index (κ3) is 3.39. The maximum absolute atomic E-state index is 9.56. The van der Waals surface area contributed by atoms with Crippen LogP contribution in [0.3, 0.4) is 0 Å². The fourth-order valence-corrected chi connectivity index (χ4v) is 2.48. The van der Waals surface area contributed by atoms with Crippen LogP contribution in [0.4, 0.5) is 5.69 Å². The van der Waals surface area contributed by atoms with Gasteiger partial charge in [0, 0.05) is 12.2 Å². The molecule has 0 aromatic heterocycles. The number of hydrogen-bond acceptors (Lipinski definition) is 4. The fraction of sp³-hybridized carbons (Fsp3) is 0.533. The summed E-state index contributed by atoms with van der Waals surface area (Å²) >= 11 is 0. The molecule has 0 spiro atoms. The fourth-order valence-electron chi connectivity index (χ4n) is 2.48. The van der Waals surface area contributed by atoms with Crippen molar-refractivity contribution in [2.75, 3.05) is 32.6 Å². The highest BCUT2D eigenvalue weighted by Crippen LogP contribution is 2.27. The molecule has 1 aromatic rings. The summed E-state index contributed by atoms with van der Waals surface area (Å²) in [5.41, 5.74) is 0.534. The van der Waals surface area contributed by atoms with Crippen molar-refractivity contribution >= 4 is 5.69 Å². The average molecular weight is 259 g/mol. The lowest BCUT2D eigenvalue weighted by molar-refractivity contribution is 0.345. The van der Waals surface area contributed by atoms with Gasteiger partial charge in [0.05, 0.1) is 13.2 Å². The summed E-state index contributed by atoms with van der Waals surface area (Å²) in [4.78, 5) is 2.29. The Bertz CT molecular complexity index is 451. The Hall–Kier alpha value is -1.73. The molecule has 2 rings (SSSR count). The summed E-state index contributed by atoms with van der Waals surface area (Å²) in [6.45, 7) is 2.02. The minimum atomic E-state index is -0.445. The molecule has 1 aliphatic heterocycles. The zero-order valence-corrected chi connectivity index (χ0v) is 11.6. The number of likely N-dealkylation sites (tertiary alicyclic amines) is 1.